The van der Waals surface area contributed by atoms with Crippen LogP contribution in [0.1, 0.15) is 39.2 Å². The van der Waals surface area contributed by atoms with Crippen LogP contribution < -0.4 is 10.1 Å². The fourth-order valence-corrected chi connectivity index (χ4v) is 2.06. The molecule has 0 aliphatic rings. The van der Waals surface area contributed by atoms with Crippen molar-refractivity contribution in [2.45, 2.75) is 46.3 Å². The highest BCUT2D eigenvalue weighted by Gasteiger charge is 2.04. The van der Waals surface area contributed by atoms with Crippen molar-refractivity contribution >= 4 is 15.9 Å². The van der Waals surface area contributed by atoms with Crippen LogP contribution >= 0.6 is 15.9 Å². The quantitative estimate of drug-likeness (QED) is 0.765. The van der Waals surface area contributed by atoms with Crippen molar-refractivity contribution in [2.24, 2.45) is 0 Å². The first-order chi connectivity index (χ1) is 8.13. The monoisotopic (exact) mass is 299 g/mol. The molecule has 1 aromatic rings. The standard InChI is InChI=1S/C14H22BrNO/c1-4-5-8-16-10-12-6-7-14(13(15)9-12)17-11(2)3/h6-7,9,11,16H,4-5,8,10H2,1-3H3. The molecule has 0 fully saturated rings. The Kier molecular flexibility index (Phi) is 6.60. The highest BCUT2D eigenvalue weighted by molar-refractivity contribution is 9.10. The summed E-state index contributed by atoms with van der Waals surface area (Å²) in [5.41, 5.74) is 1.28. The van der Waals surface area contributed by atoms with Crippen LogP contribution in [0.25, 0.3) is 0 Å². The normalized spacial score (nSPS) is 10.9. The Hall–Kier alpha value is -0.540. The number of rotatable bonds is 7. The number of unbranched alkanes of at least 4 members (excludes halogenated alkanes) is 1. The molecular formula is C14H22BrNO. The summed E-state index contributed by atoms with van der Waals surface area (Å²) in [7, 11) is 0. The first-order valence-corrected chi connectivity index (χ1v) is 7.08. The van der Waals surface area contributed by atoms with Crippen LogP contribution in [0.4, 0.5) is 0 Å². The molecule has 0 unspecified atom stereocenters. The van der Waals surface area contributed by atoms with E-state index in [2.05, 4.69) is 40.3 Å². The van der Waals surface area contributed by atoms with Gasteiger partial charge in [-0.3, -0.25) is 0 Å². The van der Waals surface area contributed by atoms with Crippen LogP contribution in [0.3, 0.4) is 0 Å². The van der Waals surface area contributed by atoms with Gasteiger partial charge in [-0.1, -0.05) is 19.4 Å². The number of nitrogens with one attached hydrogen (secondary N) is 1. The fraction of sp³-hybridized carbons (Fsp3) is 0.571. The van der Waals surface area contributed by atoms with Gasteiger partial charge in [-0.2, -0.15) is 0 Å². The highest BCUT2D eigenvalue weighted by atomic mass is 79.9. The summed E-state index contributed by atoms with van der Waals surface area (Å²) in [6, 6.07) is 6.26. The number of ether oxygens (including phenoxy) is 1. The van der Waals surface area contributed by atoms with Crippen molar-refractivity contribution < 1.29 is 4.74 Å². The van der Waals surface area contributed by atoms with Crippen LogP contribution in [-0.2, 0) is 6.54 Å². The van der Waals surface area contributed by atoms with Gasteiger partial charge in [0.1, 0.15) is 5.75 Å². The Morgan fingerprint density at radius 1 is 1.35 bits per heavy atom. The molecule has 0 amide bonds. The molecule has 0 aliphatic heterocycles. The van der Waals surface area contributed by atoms with Gasteiger partial charge in [-0.25, -0.2) is 0 Å². The summed E-state index contributed by atoms with van der Waals surface area (Å²) >= 11 is 3.55. The fourth-order valence-electron chi connectivity index (χ4n) is 1.54. The first-order valence-electron chi connectivity index (χ1n) is 6.29. The highest BCUT2D eigenvalue weighted by Crippen LogP contribution is 2.26. The average molecular weight is 300 g/mol. The van der Waals surface area contributed by atoms with E-state index < -0.39 is 0 Å². The van der Waals surface area contributed by atoms with Gasteiger partial charge >= 0.3 is 0 Å². The first kappa shape index (κ1) is 14.5. The second-order valence-electron chi connectivity index (χ2n) is 4.46. The van der Waals surface area contributed by atoms with Crippen LogP contribution in [0.15, 0.2) is 22.7 Å². The van der Waals surface area contributed by atoms with Crippen molar-refractivity contribution in [1.29, 1.82) is 0 Å². The lowest BCUT2D eigenvalue weighted by Crippen LogP contribution is -2.14. The van der Waals surface area contributed by atoms with Gasteiger partial charge in [-0.15, -0.1) is 0 Å². The van der Waals surface area contributed by atoms with Crippen molar-refractivity contribution in [3.63, 3.8) is 0 Å². The average Bonchev–Trinajstić information content (AvgIpc) is 2.27. The van der Waals surface area contributed by atoms with Gasteiger partial charge in [0.2, 0.25) is 0 Å². The molecule has 2 nitrogen and oxygen atoms in total. The molecule has 1 N–H and O–H groups in total. The molecule has 0 saturated carbocycles. The lowest BCUT2D eigenvalue weighted by molar-refractivity contribution is 0.241. The van der Waals surface area contributed by atoms with Gasteiger partial charge in [0, 0.05) is 6.54 Å². The Balaban J connectivity index is 2.50. The van der Waals surface area contributed by atoms with Crippen molar-refractivity contribution in [3.8, 4) is 5.75 Å². The maximum absolute atomic E-state index is 5.68. The number of halogens is 1. The third kappa shape index (κ3) is 5.55. The molecule has 0 radical (unpaired) electrons. The third-order valence-corrected chi connectivity index (χ3v) is 3.01. The van der Waals surface area contributed by atoms with E-state index in [1.165, 1.54) is 18.4 Å². The Bertz CT molecular complexity index is 339. The molecule has 0 aliphatic carbocycles. The SMILES string of the molecule is CCCCNCc1ccc(OC(C)C)c(Br)c1. The predicted octanol–water partition coefficient (Wildman–Crippen LogP) is 4.13. The van der Waals surface area contributed by atoms with E-state index in [1.54, 1.807) is 0 Å². The zero-order valence-electron chi connectivity index (χ0n) is 10.9. The summed E-state index contributed by atoms with van der Waals surface area (Å²) in [6.07, 6.45) is 2.67. The maximum atomic E-state index is 5.68. The minimum Gasteiger partial charge on any atom is -0.490 e. The lowest BCUT2D eigenvalue weighted by Gasteiger charge is -2.12. The molecule has 0 spiro atoms. The van der Waals surface area contributed by atoms with E-state index in [0.29, 0.717) is 0 Å². The summed E-state index contributed by atoms with van der Waals surface area (Å²) in [6.45, 7) is 8.27. The molecular weight excluding hydrogens is 278 g/mol. The molecule has 0 heterocycles. The lowest BCUT2D eigenvalue weighted by atomic mass is 10.2. The van der Waals surface area contributed by atoms with E-state index in [0.717, 1.165) is 23.3 Å². The number of hydrogen-bond acceptors (Lipinski definition) is 2. The molecule has 17 heavy (non-hydrogen) atoms. The Morgan fingerprint density at radius 2 is 2.12 bits per heavy atom. The topological polar surface area (TPSA) is 21.3 Å². The molecule has 0 saturated heterocycles. The van der Waals surface area contributed by atoms with Crippen molar-refractivity contribution in [1.82, 2.24) is 5.32 Å². The maximum Gasteiger partial charge on any atom is 0.133 e. The second-order valence-corrected chi connectivity index (χ2v) is 5.32. The van der Waals surface area contributed by atoms with Gasteiger partial charge < -0.3 is 10.1 Å². The molecule has 1 aromatic carbocycles. The van der Waals surface area contributed by atoms with Crippen LogP contribution in [-0.4, -0.2) is 12.6 Å². The van der Waals surface area contributed by atoms with E-state index in [4.69, 9.17) is 4.74 Å². The van der Waals surface area contributed by atoms with Crippen LogP contribution in [0.5, 0.6) is 5.75 Å². The largest absolute Gasteiger partial charge is 0.490 e. The van der Waals surface area contributed by atoms with Gasteiger partial charge in [0.05, 0.1) is 10.6 Å². The van der Waals surface area contributed by atoms with Gasteiger partial charge in [-0.05, 0) is 60.4 Å². The number of hydrogen-bond donors (Lipinski definition) is 1. The van der Waals surface area contributed by atoms with Crippen LogP contribution in [0, 0.1) is 0 Å². The van der Waals surface area contributed by atoms with E-state index in [-0.39, 0.29) is 6.10 Å². The molecule has 0 aromatic heterocycles. The Labute approximate surface area is 113 Å². The van der Waals surface area contributed by atoms with Crippen molar-refractivity contribution in [2.75, 3.05) is 6.54 Å². The minimum atomic E-state index is 0.208. The third-order valence-electron chi connectivity index (χ3n) is 2.40. The van der Waals surface area contributed by atoms with E-state index >= 15 is 0 Å². The summed E-state index contributed by atoms with van der Waals surface area (Å²) in [5, 5.41) is 3.43. The smallest absolute Gasteiger partial charge is 0.133 e. The van der Waals surface area contributed by atoms with Crippen molar-refractivity contribution in [3.05, 3.63) is 28.2 Å². The molecule has 0 atom stereocenters. The molecule has 96 valence electrons. The van der Waals surface area contributed by atoms with Crippen LogP contribution in [0.2, 0.25) is 0 Å². The number of benzene rings is 1. The zero-order chi connectivity index (χ0) is 12.7. The Morgan fingerprint density at radius 3 is 2.71 bits per heavy atom. The van der Waals surface area contributed by atoms with E-state index in [9.17, 15) is 0 Å². The van der Waals surface area contributed by atoms with E-state index in [1.807, 2.05) is 19.9 Å². The minimum absolute atomic E-state index is 0.208. The summed E-state index contributed by atoms with van der Waals surface area (Å²) in [4.78, 5) is 0. The predicted molar refractivity (Wildman–Crippen MR) is 76.5 cm³/mol. The van der Waals surface area contributed by atoms with Gasteiger partial charge in [0.15, 0.2) is 0 Å². The summed E-state index contributed by atoms with van der Waals surface area (Å²) in [5.74, 6) is 0.914. The summed E-state index contributed by atoms with van der Waals surface area (Å²) < 4.78 is 6.70. The van der Waals surface area contributed by atoms with Gasteiger partial charge in [0.25, 0.3) is 0 Å². The zero-order valence-corrected chi connectivity index (χ0v) is 12.5. The molecule has 3 heteroatoms. The second kappa shape index (κ2) is 7.72. The molecule has 0 bridgehead atoms. The molecule has 1 rings (SSSR count).